The zero-order valence-electron chi connectivity index (χ0n) is 15.2. The quantitative estimate of drug-likeness (QED) is 0.754. The predicted molar refractivity (Wildman–Crippen MR) is 106 cm³/mol. The van der Waals surface area contributed by atoms with E-state index in [1.807, 2.05) is 48.7 Å². The molecule has 1 N–H and O–H groups in total. The molecule has 0 unspecified atom stereocenters. The van der Waals surface area contributed by atoms with Gasteiger partial charge in [-0.3, -0.25) is 0 Å². The number of aromatic carboxylic acids is 1. The summed E-state index contributed by atoms with van der Waals surface area (Å²) in [4.78, 5) is 16.3. The van der Waals surface area contributed by atoms with Gasteiger partial charge in [0, 0.05) is 37.9 Å². The Morgan fingerprint density at radius 2 is 1.63 bits per heavy atom. The van der Waals surface area contributed by atoms with Gasteiger partial charge in [-0.1, -0.05) is 30.3 Å². The number of benzene rings is 2. The van der Waals surface area contributed by atoms with Crippen LogP contribution >= 0.6 is 0 Å². The third-order valence-electron chi connectivity index (χ3n) is 4.96. The van der Waals surface area contributed by atoms with Crippen LogP contribution in [0, 0.1) is 0 Å². The predicted octanol–water partition coefficient (Wildman–Crippen LogP) is 3.42. The lowest BCUT2D eigenvalue weighted by Crippen LogP contribution is -2.40. The highest BCUT2D eigenvalue weighted by Gasteiger charge is 2.24. The molecule has 4 rings (SSSR count). The molecule has 2 aromatic carbocycles. The first kappa shape index (κ1) is 17.1. The van der Waals surface area contributed by atoms with Gasteiger partial charge in [0.05, 0.1) is 17.1 Å². The van der Waals surface area contributed by atoms with Crippen molar-refractivity contribution in [3.8, 4) is 5.69 Å². The molecule has 0 atom stereocenters. The van der Waals surface area contributed by atoms with Crippen LogP contribution in [0.5, 0.6) is 0 Å². The van der Waals surface area contributed by atoms with E-state index in [0.717, 1.165) is 31.0 Å². The van der Waals surface area contributed by atoms with Crippen LogP contribution in [0.4, 0.5) is 11.4 Å². The van der Waals surface area contributed by atoms with Crippen molar-refractivity contribution in [3.63, 3.8) is 0 Å². The minimum Gasteiger partial charge on any atom is -0.476 e. The molecule has 138 valence electrons. The van der Waals surface area contributed by atoms with Gasteiger partial charge < -0.3 is 14.9 Å². The maximum atomic E-state index is 11.7. The van der Waals surface area contributed by atoms with Crippen molar-refractivity contribution in [2.75, 3.05) is 29.4 Å². The maximum Gasteiger partial charge on any atom is 0.356 e. The number of carbonyl (C=O) groups is 1. The summed E-state index contributed by atoms with van der Waals surface area (Å²) >= 11 is 0. The monoisotopic (exact) mass is 362 g/mol. The smallest absolute Gasteiger partial charge is 0.356 e. The molecule has 1 aromatic heterocycles. The number of anilines is 2. The Morgan fingerprint density at radius 3 is 2.30 bits per heavy atom. The first-order valence-corrected chi connectivity index (χ1v) is 9.13. The minimum atomic E-state index is -1.000. The van der Waals surface area contributed by atoms with Gasteiger partial charge in [-0.2, -0.15) is 5.10 Å². The second kappa shape index (κ2) is 7.15. The second-order valence-corrected chi connectivity index (χ2v) is 6.58. The second-order valence-electron chi connectivity index (χ2n) is 6.58. The summed E-state index contributed by atoms with van der Waals surface area (Å²) in [6.07, 6.45) is 1.83. The van der Waals surface area contributed by atoms with Gasteiger partial charge in [0.2, 0.25) is 0 Å². The van der Waals surface area contributed by atoms with E-state index in [0.29, 0.717) is 12.1 Å². The van der Waals surface area contributed by atoms with Crippen molar-refractivity contribution in [2.45, 2.75) is 13.5 Å². The molecule has 1 aliphatic heterocycles. The summed E-state index contributed by atoms with van der Waals surface area (Å²) in [7, 11) is 0. The van der Waals surface area contributed by atoms with E-state index in [4.69, 9.17) is 0 Å². The Bertz CT molecular complexity index is 952. The van der Waals surface area contributed by atoms with E-state index < -0.39 is 5.97 Å². The van der Waals surface area contributed by atoms with Crippen LogP contribution in [0.3, 0.4) is 0 Å². The Labute approximate surface area is 158 Å². The number of rotatable bonds is 5. The molecule has 27 heavy (non-hydrogen) atoms. The van der Waals surface area contributed by atoms with Gasteiger partial charge in [0.1, 0.15) is 0 Å². The lowest BCUT2D eigenvalue weighted by molar-refractivity contribution is 0.0689. The van der Waals surface area contributed by atoms with Crippen LogP contribution < -0.4 is 9.80 Å². The van der Waals surface area contributed by atoms with Gasteiger partial charge in [-0.15, -0.1) is 0 Å². The van der Waals surface area contributed by atoms with Crippen molar-refractivity contribution < 1.29 is 9.90 Å². The summed E-state index contributed by atoms with van der Waals surface area (Å²) in [6, 6.07) is 17.9. The lowest BCUT2D eigenvalue weighted by Gasteiger charge is -2.38. The molecule has 0 spiro atoms. The number of hydrogen-bond donors (Lipinski definition) is 1. The van der Waals surface area contributed by atoms with Crippen LogP contribution in [0.1, 0.15) is 23.0 Å². The first-order chi connectivity index (χ1) is 13.2. The molecule has 0 fully saturated rings. The van der Waals surface area contributed by atoms with E-state index in [1.54, 1.807) is 4.68 Å². The van der Waals surface area contributed by atoms with Crippen LogP contribution in [0.2, 0.25) is 0 Å². The van der Waals surface area contributed by atoms with Crippen molar-refractivity contribution in [1.29, 1.82) is 0 Å². The summed E-state index contributed by atoms with van der Waals surface area (Å²) < 4.78 is 1.65. The maximum absolute atomic E-state index is 11.7. The number of para-hydroxylation sites is 3. The number of hydrogen-bond acceptors (Lipinski definition) is 4. The fraction of sp³-hybridized carbons (Fsp3) is 0.238. The number of fused-ring (bicyclic) bond motifs is 1. The van der Waals surface area contributed by atoms with Crippen molar-refractivity contribution in [1.82, 2.24) is 9.78 Å². The highest BCUT2D eigenvalue weighted by Crippen LogP contribution is 2.33. The molecule has 0 bridgehead atoms. The normalized spacial score (nSPS) is 13.5. The molecule has 0 aliphatic carbocycles. The Balaban J connectivity index is 1.68. The van der Waals surface area contributed by atoms with Crippen LogP contribution in [-0.4, -0.2) is 40.5 Å². The van der Waals surface area contributed by atoms with Gasteiger partial charge in [0.15, 0.2) is 5.69 Å². The Hall–Kier alpha value is -3.28. The summed E-state index contributed by atoms with van der Waals surface area (Å²) in [6.45, 7) is 5.39. The summed E-state index contributed by atoms with van der Waals surface area (Å²) in [5.74, 6) is -1.000. The lowest BCUT2D eigenvalue weighted by atomic mass is 10.1. The van der Waals surface area contributed by atoms with Crippen molar-refractivity contribution in [3.05, 3.63) is 72.1 Å². The van der Waals surface area contributed by atoms with Gasteiger partial charge in [0.25, 0.3) is 0 Å². The minimum absolute atomic E-state index is 0.106. The largest absolute Gasteiger partial charge is 0.476 e. The van der Waals surface area contributed by atoms with E-state index in [-0.39, 0.29) is 5.69 Å². The molecule has 0 amide bonds. The fourth-order valence-corrected chi connectivity index (χ4v) is 3.60. The summed E-state index contributed by atoms with van der Waals surface area (Å²) in [5.41, 5.74) is 4.00. The van der Waals surface area contributed by atoms with Crippen LogP contribution in [-0.2, 0) is 6.54 Å². The number of likely N-dealkylation sites (N-methyl/N-ethyl adjacent to an activating group) is 1. The molecule has 6 nitrogen and oxygen atoms in total. The average Bonchev–Trinajstić information content (AvgIpc) is 3.13. The molecule has 6 heteroatoms. The molecule has 2 heterocycles. The van der Waals surface area contributed by atoms with Crippen LogP contribution in [0.15, 0.2) is 60.8 Å². The molecular weight excluding hydrogens is 340 g/mol. The molecule has 0 radical (unpaired) electrons. The van der Waals surface area contributed by atoms with Crippen molar-refractivity contribution in [2.24, 2.45) is 0 Å². The van der Waals surface area contributed by atoms with Crippen LogP contribution in [0.25, 0.3) is 5.69 Å². The topological polar surface area (TPSA) is 61.6 Å². The number of carboxylic acid groups (broad SMARTS) is 1. The zero-order chi connectivity index (χ0) is 18.8. The standard InChI is InChI=1S/C21H22N4O2/c1-2-23-12-13-24(19-11-7-6-10-18(19)23)14-16-15-25(22-20(16)21(26)27)17-8-4-3-5-9-17/h3-11,15H,2,12-14H2,1H3,(H,26,27). The zero-order valence-corrected chi connectivity index (χ0v) is 15.2. The van der Waals surface area contributed by atoms with Gasteiger partial charge in [-0.05, 0) is 31.2 Å². The van der Waals surface area contributed by atoms with Crippen molar-refractivity contribution >= 4 is 17.3 Å². The Kier molecular flexibility index (Phi) is 4.54. The highest BCUT2D eigenvalue weighted by atomic mass is 16.4. The average molecular weight is 362 g/mol. The number of carboxylic acids is 1. The molecule has 0 saturated heterocycles. The number of aromatic nitrogens is 2. The number of nitrogens with zero attached hydrogens (tertiary/aromatic N) is 4. The van der Waals surface area contributed by atoms with E-state index in [1.165, 1.54) is 5.69 Å². The van der Waals surface area contributed by atoms with Gasteiger partial charge >= 0.3 is 5.97 Å². The highest BCUT2D eigenvalue weighted by molar-refractivity contribution is 5.87. The van der Waals surface area contributed by atoms with E-state index in [9.17, 15) is 9.90 Å². The third kappa shape index (κ3) is 3.26. The fourth-order valence-electron chi connectivity index (χ4n) is 3.60. The SMILES string of the molecule is CCN1CCN(Cc2cn(-c3ccccc3)nc2C(=O)O)c2ccccc21. The third-order valence-corrected chi connectivity index (χ3v) is 4.96. The molecule has 0 saturated carbocycles. The molecule has 3 aromatic rings. The van der Waals surface area contributed by atoms with Gasteiger partial charge in [-0.25, -0.2) is 9.48 Å². The molecule has 1 aliphatic rings. The van der Waals surface area contributed by atoms with E-state index in [2.05, 4.69) is 34.0 Å². The Morgan fingerprint density at radius 1 is 1.00 bits per heavy atom. The molecular formula is C21H22N4O2. The van der Waals surface area contributed by atoms with E-state index >= 15 is 0 Å². The first-order valence-electron chi connectivity index (χ1n) is 9.13. The summed E-state index contributed by atoms with van der Waals surface area (Å²) in [5, 5.41) is 13.9.